The summed E-state index contributed by atoms with van der Waals surface area (Å²) in [5, 5.41) is 0.0362. The number of nitrogens with zero attached hydrogens (tertiary/aromatic N) is 1. The number of alkyl halides is 3. The summed E-state index contributed by atoms with van der Waals surface area (Å²) < 4.78 is 37.4. The molecule has 0 bridgehead atoms. The highest BCUT2D eigenvalue weighted by molar-refractivity contribution is 6.31. The molecule has 0 atom stereocenters. The number of hydrogen-bond donors (Lipinski definition) is 1. The van der Waals surface area contributed by atoms with E-state index in [1.165, 1.54) is 12.4 Å². The van der Waals surface area contributed by atoms with E-state index >= 15 is 0 Å². The van der Waals surface area contributed by atoms with E-state index in [2.05, 4.69) is 9.97 Å². The van der Waals surface area contributed by atoms with Crippen LogP contribution >= 0.6 is 11.6 Å². The number of halogens is 4. The van der Waals surface area contributed by atoms with Gasteiger partial charge in [-0.15, -0.1) is 0 Å². The summed E-state index contributed by atoms with van der Waals surface area (Å²) in [6.45, 7) is 0. The van der Waals surface area contributed by atoms with Gasteiger partial charge in [0.05, 0.1) is 17.4 Å². The second kappa shape index (κ2) is 2.88. The Kier molecular flexibility index (Phi) is 1.92. The Morgan fingerprint density at radius 2 is 2.00 bits per heavy atom. The van der Waals surface area contributed by atoms with Gasteiger partial charge in [0.15, 0.2) is 0 Å². The maximum absolute atomic E-state index is 12.5. The van der Waals surface area contributed by atoms with E-state index in [0.717, 1.165) is 6.07 Å². The van der Waals surface area contributed by atoms with Gasteiger partial charge in [-0.1, -0.05) is 11.6 Å². The second-order valence-corrected chi connectivity index (χ2v) is 3.19. The van der Waals surface area contributed by atoms with Crippen molar-refractivity contribution in [2.24, 2.45) is 0 Å². The molecule has 0 fully saturated rings. The number of hydrogen-bond acceptors (Lipinski definition) is 1. The van der Waals surface area contributed by atoms with Gasteiger partial charge in [-0.25, -0.2) is 4.98 Å². The molecule has 0 radical (unpaired) electrons. The molecule has 1 aromatic carbocycles. The fraction of sp³-hybridized carbons (Fsp3) is 0.125. The van der Waals surface area contributed by atoms with Gasteiger partial charge in [0, 0.05) is 5.02 Å². The summed E-state index contributed by atoms with van der Waals surface area (Å²) in [6.07, 6.45) is -3.23. The molecule has 0 aliphatic heterocycles. The van der Waals surface area contributed by atoms with Crippen LogP contribution in [0.1, 0.15) is 5.56 Å². The smallest absolute Gasteiger partial charge is 0.345 e. The molecule has 14 heavy (non-hydrogen) atoms. The Morgan fingerprint density at radius 1 is 1.29 bits per heavy atom. The molecule has 0 saturated heterocycles. The van der Waals surface area contributed by atoms with Crippen molar-refractivity contribution < 1.29 is 13.2 Å². The van der Waals surface area contributed by atoms with Gasteiger partial charge >= 0.3 is 6.18 Å². The van der Waals surface area contributed by atoms with Gasteiger partial charge in [0.1, 0.15) is 5.52 Å². The van der Waals surface area contributed by atoms with Crippen molar-refractivity contribution in [2.45, 2.75) is 6.18 Å². The summed E-state index contributed by atoms with van der Waals surface area (Å²) >= 11 is 5.54. The van der Waals surface area contributed by atoms with Gasteiger partial charge in [0.2, 0.25) is 0 Å². The van der Waals surface area contributed by atoms with E-state index in [9.17, 15) is 13.2 Å². The molecule has 0 amide bonds. The summed E-state index contributed by atoms with van der Waals surface area (Å²) in [7, 11) is 0. The Labute approximate surface area is 81.7 Å². The van der Waals surface area contributed by atoms with Crippen LogP contribution in [0.3, 0.4) is 0 Å². The van der Waals surface area contributed by atoms with Crippen molar-refractivity contribution in [3.63, 3.8) is 0 Å². The standard InChI is InChI=1S/C8H4ClF3N2/c9-4-1-5(8(10,11)12)7-6(2-4)13-3-14-7/h1-3H,(H,13,14). The van der Waals surface area contributed by atoms with E-state index in [1.54, 1.807) is 0 Å². The average Bonchev–Trinajstić information content (AvgIpc) is 2.47. The van der Waals surface area contributed by atoms with Crippen molar-refractivity contribution in [1.82, 2.24) is 9.97 Å². The Balaban J connectivity index is 2.80. The molecule has 1 aromatic heterocycles. The van der Waals surface area contributed by atoms with Crippen molar-refractivity contribution in [1.29, 1.82) is 0 Å². The van der Waals surface area contributed by atoms with E-state index in [0.29, 0.717) is 0 Å². The van der Waals surface area contributed by atoms with Crippen LogP contribution in [0.15, 0.2) is 18.5 Å². The minimum Gasteiger partial charge on any atom is -0.345 e. The average molecular weight is 221 g/mol. The molecular formula is C8H4ClF3N2. The van der Waals surface area contributed by atoms with Gasteiger partial charge in [-0.2, -0.15) is 13.2 Å². The number of rotatable bonds is 0. The first-order valence-electron chi connectivity index (χ1n) is 3.68. The predicted octanol–water partition coefficient (Wildman–Crippen LogP) is 3.24. The van der Waals surface area contributed by atoms with E-state index < -0.39 is 11.7 Å². The maximum Gasteiger partial charge on any atom is 0.418 e. The van der Waals surface area contributed by atoms with Crippen LogP contribution in [-0.2, 0) is 6.18 Å². The molecule has 0 aliphatic rings. The third-order valence-electron chi connectivity index (χ3n) is 1.79. The molecular weight excluding hydrogens is 217 g/mol. The minimum atomic E-state index is -4.43. The topological polar surface area (TPSA) is 28.7 Å². The van der Waals surface area contributed by atoms with Crippen molar-refractivity contribution in [2.75, 3.05) is 0 Å². The third-order valence-corrected chi connectivity index (χ3v) is 2.01. The second-order valence-electron chi connectivity index (χ2n) is 2.75. The maximum atomic E-state index is 12.5. The quantitative estimate of drug-likeness (QED) is 0.726. The molecule has 2 rings (SSSR count). The zero-order valence-electron chi connectivity index (χ0n) is 6.69. The number of aromatic nitrogens is 2. The third kappa shape index (κ3) is 1.43. The Hall–Kier alpha value is -1.23. The highest BCUT2D eigenvalue weighted by Gasteiger charge is 2.33. The fourth-order valence-corrected chi connectivity index (χ4v) is 1.45. The molecule has 2 nitrogen and oxygen atoms in total. The van der Waals surface area contributed by atoms with E-state index in [-0.39, 0.29) is 16.1 Å². The zero-order chi connectivity index (χ0) is 10.3. The van der Waals surface area contributed by atoms with Crippen LogP contribution in [0.4, 0.5) is 13.2 Å². The van der Waals surface area contributed by atoms with Gasteiger partial charge in [0.25, 0.3) is 0 Å². The van der Waals surface area contributed by atoms with Gasteiger partial charge < -0.3 is 4.98 Å². The van der Waals surface area contributed by atoms with E-state index in [4.69, 9.17) is 11.6 Å². The van der Waals surface area contributed by atoms with Crippen LogP contribution < -0.4 is 0 Å². The zero-order valence-corrected chi connectivity index (χ0v) is 7.45. The molecule has 74 valence electrons. The molecule has 1 N–H and O–H groups in total. The lowest BCUT2D eigenvalue weighted by Gasteiger charge is -2.07. The SMILES string of the molecule is FC(F)(F)c1cc(Cl)cc2[nH]cnc12. The lowest BCUT2D eigenvalue weighted by atomic mass is 10.2. The van der Waals surface area contributed by atoms with Gasteiger partial charge in [-0.05, 0) is 12.1 Å². The van der Waals surface area contributed by atoms with Gasteiger partial charge in [-0.3, -0.25) is 0 Å². The van der Waals surface area contributed by atoms with Crippen LogP contribution in [0, 0.1) is 0 Å². The van der Waals surface area contributed by atoms with Crippen LogP contribution in [-0.4, -0.2) is 9.97 Å². The minimum absolute atomic E-state index is 0.0362. The Bertz CT molecular complexity index is 475. The molecule has 0 aliphatic carbocycles. The number of benzene rings is 1. The number of H-pyrrole nitrogens is 1. The highest BCUT2D eigenvalue weighted by atomic mass is 35.5. The number of imidazole rings is 1. The fourth-order valence-electron chi connectivity index (χ4n) is 1.23. The molecule has 6 heteroatoms. The first-order chi connectivity index (χ1) is 6.48. The summed E-state index contributed by atoms with van der Waals surface area (Å²) in [6, 6.07) is 2.27. The lowest BCUT2D eigenvalue weighted by Crippen LogP contribution is -2.05. The van der Waals surface area contributed by atoms with Crippen LogP contribution in [0.5, 0.6) is 0 Å². The molecule has 0 unspecified atom stereocenters. The van der Waals surface area contributed by atoms with Crippen molar-refractivity contribution >= 4 is 22.6 Å². The van der Waals surface area contributed by atoms with Crippen LogP contribution in [0.25, 0.3) is 11.0 Å². The largest absolute Gasteiger partial charge is 0.418 e. The monoisotopic (exact) mass is 220 g/mol. The summed E-state index contributed by atoms with van der Waals surface area (Å²) in [5.41, 5.74) is -0.645. The Morgan fingerprint density at radius 3 is 2.64 bits per heavy atom. The lowest BCUT2D eigenvalue weighted by molar-refractivity contribution is -0.136. The first kappa shape index (κ1) is 9.33. The number of aromatic amines is 1. The molecule has 1 heterocycles. The highest BCUT2D eigenvalue weighted by Crippen LogP contribution is 2.35. The first-order valence-corrected chi connectivity index (χ1v) is 4.06. The van der Waals surface area contributed by atoms with Crippen molar-refractivity contribution in [3.8, 4) is 0 Å². The normalized spacial score (nSPS) is 12.3. The number of fused-ring (bicyclic) bond motifs is 1. The number of nitrogens with one attached hydrogen (secondary N) is 1. The van der Waals surface area contributed by atoms with Crippen LogP contribution in [0.2, 0.25) is 5.02 Å². The molecule has 0 spiro atoms. The summed E-state index contributed by atoms with van der Waals surface area (Å²) in [4.78, 5) is 6.17. The molecule has 2 aromatic rings. The van der Waals surface area contributed by atoms with Crippen molar-refractivity contribution in [3.05, 3.63) is 29.0 Å². The van der Waals surface area contributed by atoms with E-state index in [1.807, 2.05) is 0 Å². The predicted molar refractivity (Wildman–Crippen MR) is 46.1 cm³/mol. The molecule has 0 saturated carbocycles. The summed E-state index contributed by atoms with van der Waals surface area (Å²) in [5.74, 6) is 0.